The Morgan fingerprint density at radius 3 is 1.62 bits per heavy atom. The predicted octanol–water partition coefficient (Wildman–Crippen LogP) is 13.9. The second-order valence-electron chi connectivity index (χ2n) is 32.9. The zero-order chi connectivity index (χ0) is 78.5. The van der Waals surface area contributed by atoms with Crippen molar-refractivity contribution < 1.29 is 23.1 Å². The number of fused-ring (bicyclic) bond motifs is 2. The summed E-state index contributed by atoms with van der Waals surface area (Å²) in [5.74, 6) is 2.32. The Labute approximate surface area is 663 Å². The maximum absolute atomic E-state index is 13.1. The first-order chi connectivity index (χ1) is 53.2. The second kappa shape index (κ2) is 33.9. The lowest BCUT2D eigenvalue weighted by Crippen LogP contribution is -2.61. The number of benzene rings is 4. The van der Waals surface area contributed by atoms with Crippen LogP contribution in [-0.2, 0) is 26.7 Å². The van der Waals surface area contributed by atoms with Crippen LogP contribution in [-0.4, -0.2) is 199 Å². The summed E-state index contributed by atoms with van der Waals surface area (Å²) in [5.41, 5.74) is 6.90. The minimum Gasteiger partial charge on any atom is -0.497 e. The number of aromatic nitrogens is 8. The van der Waals surface area contributed by atoms with Crippen LogP contribution in [0.3, 0.4) is 0 Å². The number of hydrogen-bond acceptors (Lipinski definition) is 24. The lowest BCUT2D eigenvalue weighted by molar-refractivity contribution is 0.0341. The van der Waals surface area contributed by atoms with Gasteiger partial charge in [-0.3, -0.25) is 9.80 Å². The van der Waals surface area contributed by atoms with Crippen molar-refractivity contribution in [1.82, 2.24) is 59.2 Å². The number of rotatable bonds is 23. The van der Waals surface area contributed by atoms with Crippen LogP contribution in [0.5, 0.6) is 5.75 Å². The van der Waals surface area contributed by atoms with Gasteiger partial charge >= 0.3 is 6.09 Å². The number of likely N-dealkylation sites (tertiary alicyclic amines) is 1. The van der Waals surface area contributed by atoms with E-state index in [4.69, 9.17) is 51.5 Å². The van der Waals surface area contributed by atoms with Crippen molar-refractivity contribution in [3.63, 3.8) is 0 Å². The Balaban J connectivity index is 0.000000206. The molecule has 0 bridgehead atoms. The van der Waals surface area contributed by atoms with E-state index in [2.05, 4.69) is 158 Å². The number of anilines is 8. The minimum absolute atomic E-state index is 0.0244. The van der Waals surface area contributed by atoms with Gasteiger partial charge in [-0.2, -0.15) is 60.2 Å². The molecule has 1 amide bonds. The van der Waals surface area contributed by atoms with Crippen LogP contribution in [0.4, 0.5) is 51.3 Å². The second-order valence-corrected chi connectivity index (χ2v) is 43.3. The number of piperazine rings is 2. The van der Waals surface area contributed by atoms with Gasteiger partial charge in [0.05, 0.1) is 88.8 Å². The largest absolute Gasteiger partial charge is 0.497 e. The smallest absolute Gasteiger partial charge is 0.410 e. The highest BCUT2D eigenvalue weighted by atomic mass is 35.5. The molecule has 4 saturated heterocycles. The number of carbonyl (C=O) groups is 1. The van der Waals surface area contributed by atoms with E-state index in [1.165, 1.54) is 12.4 Å². The molecule has 4 N–H and O–H groups in total. The highest BCUT2D eigenvalue weighted by molar-refractivity contribution is 6.74. The van der Waals surface area contributed by atoms with Gasteiger partial charge in [-0.1, -0.05) is 107 Å². The summed E-state index contributed by atoms with van der Waals surface area (Å²) in [6, 6.07) is 35.4. The molecule has 8 heterocycles. The molecule has 14 rings (SSSR count). The fourth-order valence-electron chi connectivity index (χ4n) is 14.4. The Kier molecular flexibility index (Phi) is 24.3. The van der Waals surface area contributed by atoms with Crippen molar-refractivity contribution in [3.8, 4) is 30.0 Å². The van der Waals surface area contributed by atoms with Crippen molar-refractivity contribution in [2.24, 2.45) is 0 Å². The summed E-state index contributed by atoms with van der Waals surface area (Å²) in [7, 11) is -2.43. The summed E-state index contributed by atoms with van der Waals surface area (Å²) in [5, 5.41) is 63.6. The molecule has 2 saturated carbocycles. The first-order valence-electron chi connectivity index (χ1n) is 38.7. The number of methoxy groups -OCH3 is 1. The standard InChI is InChI=1S/C48H58ClN11O4Si.C32H44ClN11OSi/c1-48(2,3)65(5,6)64-32-39-30-57(22-23-58(39)38-18-20-56(21-19-38)47(61)63-31-34-10-8-7-9-11-34)42-25-35(26-50)24-41(43(42)49)53-45-54-44-36(27-51)28-52-60(44)46(55-45)59(37-14-15-37)29-33-12-16-40(62-4)17-13-33;1-32(2,3)46(4,5)45-20-25-19-42(12-13-43(25)24-8-10-36-11-9-24)27-15-21(16-34)14-26(28(27)33)39-30-40-29-22(17-35)18-37-44(29)31(41-30)38-23-6-7-23/h7-13,16-17,24-25,28,37-39H,14-15,18-23,29-32H2,1-6H3,(H,53,54);14-15,18,23-25,36H,6-13,19-20H2,1-5H3,(H2,38,39,40,41)/t39-;25-/m11/s1. The van der Waals surface area contributed by atoms with Crippen molar-refractivity contribution in [2.45, 2.75) is 179 Å². The van der Waals surface area contributed by atoms with Crippen molar-refractivity contribution in [2.75, 3.05) is 116 Å². The van der Waals surface area contributed by atoms with E-state index in [9.17, 15) is 25.8 Å². The van der Waals surface area contributed by atoms with Gasteiger partial charge in [0.2, 0.25) is 23.8 Å². The maximum Gasteiger partial charge on any atom is 0.410 e. The highest BCUT2D eigenvalue weighted by Crippen LogP contribution is 2.44. The zero-order valence-corrected chi connectivity index (χ0v) is 69.0. The Morgan fingerprint density at radius 1 is 0.613 bits per heavy atom. The van der Waals surface area contributed by atoms with Gasteiger partial charge in [-0.15, -0.1) is 0 Å². The molecule has 6 fully saturated rings. The van der Waals surface area contributed by atoms with Crippen LogP contribution >= 0.6 is 23.2 Å². The van der Waals surface area contributed by atoms with E-state index >= 15 is 0 Å². The molecule has 0 spiro atoms. The molecule has 584 valence electrons. The summed E-state index contributed by atoms with van der Waals surface area (Å²) in [4.78, 5) is 46.0. The zero-order valence-electron chi connectivity index (χ0n) is 65.5. The minimum atomic E-state index is -2.12. The number of nitrogens with zero attached hydrogens (tertiary/aromatic N) is 18. The summed E-state index contributed by atoms with van der Waals surface area (Å²) < 4.78 is 28.0. The van der Waals surface area contributed by atoms with Crippen molar-refractivity contribution >= 4 is 104 Å². The number of nitriles is 4. The molecule has 2 aliphatic carbocycles. The normalized spacial score (nSPS) is 18.5. The van der Waals surface area contributed by atoms with E-state index in [1.54, 1.807) is 28.3 Å². The Hall–Kier alpha value is -9.38. The summed E-state index contributed by atoms with van der Waals surface area (Å²) in [6.07, 6.45) is 10.7. The topological polar surface area (TPSA) is 303 Å². The van der Waals surface area contributed by atoms with E-state index in [1.807, 2.05) is 71.6 Å². The first kappa shape index (κ1) is 79.7. The summed E-state index contributed by atoms with van der Waals surface area (Å²) in [6.45, 7) is 32.5. The predicted molar refractivity (Wildman–Crippen MR) is 438 cm³/mol. The lowest BCUT2D eigenvalue weighted by Gasteiger charge is -2.49. The average Bonchev–Trinajstić information content (AvgIpc) is 1.73. The van der Waals surface area contributed by atoms with Gasteiger partial charge in [0, 0.05) is 95.2 Å². The van der Waals surface area contributed by atoms with E-state index in [0.717, 1.165) is 119 Å². The Bertz CT molecular complexity index is 4810. The van der Waals surface area contributed by atoms with Crippen LogP contribution in [0, 0.1) is 45.3 Å². The molecule has 2 atom stereocenters. The van der Waals surface area contributed by atoms with Crippen molar-refractivity contribution in [3.05, 3.63) is 135 Å². The number of amides is 1. The molecule has 6 aliphatic rings. The van der Waals surface area contributed by atoms with Crippen molar-refractivity contribution in [1.29, 1.82) is 21.0 Å². The molecule has 27 nitrogen and oxygen atoms in total. The van der Waals surface area contributed by atoms with Gasteiger partial charge in [0.15, 0.2) is 27.9 Å². The fraction of sp³-hybridized carbons (Fsp3) is 0.512. The lowest BCUT2D eigenvalue weighted by atomic mass is 9.99. The third-order valence-electron chi connectivity index (χ3n) is 23.3. The van der Waals surface area contributed by atoms with Crippen LogP contribution < -0.4 is 40.7 Å². The molecule has 0 radical (unpaired) electrons. The molecule has 8 aromatic rings. The van der Waals surface area contributed by atoms with Gasteiger partial charge in [0.25, 0.3) is 0 Å². The average molecular weight is 1580 g/mol. The number of ether oxygens (including phenoxy) is 2. The monoisotopic (exact) mass is 1580 g/mol. The summed E-state index contributed by atoms with van der Waals surface area (Å²) >= 11 is 14.5. The van der Waals surface area contributed by atoms with E-state index in [-0.39, 0.29) is 58.8 Å². The molecule has 31 heteroatoms. The van der Waals surface area contributed by atoms with Crippen LogP contribution in [0.1, 0.15) is 126 Å². The van der Waals surface area contributed by atoms with E-state index < -0.39 is 16.6 Å². The van der Waals surface area contributed by atoms with Crippen LogP contribution in [0.25, 0.3) is 11.3 Å². The number of carbonyl (C=O) groups excluding carboxylic acids is 1. The van der Waals surface area contributed by atoms with Crippen LogP contribution in [0.2, 0.25) is 46.3 Å². The fourth-order valence-corrected chi connectivity index (χ4v) is 17.0. The molecule has 4 aromatic heterocycles. The number of halogens is 2. The Morgan fingerprint density at radius 2 is 1.13 bits per heavy atom. The van der Waals surface area contributed by atoms with Gasteiger partial charge < -0.3 is 59.2 Å². The molecule has 4 aromatic carbocycles. The molecular formula is C80H102Cl2N22O5Si2. The number of piperidine rings is 2. The van der Waals surface area contributed by atoms with E-state index in [0.29, 0.717) is 125 Å². The molecule has 4 aliphatic heterocycles. The highest BCUT2D eigenvalue weighted by Gasteiger charge is 2.44. The quantitative estimate of drug-likeness (QED) is 0.0433. The number of nitrogens with one attached hydrogen (secondary N) is 4. The molecule has 111 heavy (non-hydrogen) atoms. The van der Waals surface area contributed by atoms with Gasteiger partial charge in [-0.05, 0) is 148 Å². The third-order valence-corrected chi connectivity index (χ3v) is 33.1. The molecular weight excluding hydrogens is 1480 g/mol. The SMILES string of the molecule is CC(C)(C)[Si](C)(C)OC[C@H]1CN(c2cc(C#N)cc(Nc3nc(NC4CC4)n4ncc(C#N)c4n3)c2Cl)CCN1C1CCNCC1.COc1ccc(CN(c2nc(Nc3cc(C#N)cc(N4CCN(C5CCN(C(=O)OCc6ccccc6)CC5)[C@@H](CO[Si](C)(C)C(C)(C)C)C4)c3Cl)nc3c(C#N)cnn23)C2CC2)cc1. The van der Waals surface area contributed by atoms with Gasteiger partial charge in [0.1, 0.15) is 35.6 Å². The third kappa shape index (κ3) is 18.6. The van der Waals surface area contributed by atoms with Gasteiger partial charge in [-0.25, -0.2) is 4.79 Å². The van der Waals surface area contributed by atoms with Crippen LogP contribution in [0.15, 0.2) is 91.3 Å². The maximum atomic E-state index is 13.1. The number of hydrogen-bond donors (Lipinski definition) is 4. The first-order valence-corrected chi connectivity index (χ1v) is 45.2. The molecule has 0 unspecified atom stereocenters.